The topological polar surface area (TPSA) is 38.0 Å². The predicted octanol–water partition coefficient (Wildman–Crippen LogP) is 1.99. The fourth-order valence-corrected chi connectivity index (χ4v) is 1.42. The fourth-order valence-electron chi connectivity index (χ4n) is 1.42. The van der Waals surface area contributed by atoms with Gasteiger partial charge < -0.3 is 11.1 Å². The Morgan fingerprint density at radius 3 is 2.93 bits per heavy atom. The highest BCUT2D eigenvalue weighted by atomic mass is 19.1. The number of nitrogens with two attached hydrogens (primary N) is 1. The third kappa shape index (κ3) is 3.81. The van der Waals surface area contributed by atoms with Gasteiger partial charge in [0.05, 0.1) is 0 Å². The van der Waals surface area contributed by atoms with Gasteiger partial charge in [-0.15, -0.1) is 6.58 Å². The lowest BCUT2D eigenvalue weighted by atomic mass is 10.1. The maximum atomic E-state index is 13.0. The van der Waals surface area contributed by atoms with E-state index in [2.05, 4.69) is 11.9 Å². The van der Waals surface area contributed by atoms with Crippen LogP contribution < -0.4 is 11.1 Å². The second-order valence-corrected chi connectivity index (χ2v) is 3.37. The summed E-state index contributed by atoms with van der Waals surface area (Å²) < 4.78 is 13.0. The van der Waals surface area contributed by atoms with Gasteiger partial charge in [0.15, 0.2) is 0 Å². The largest absolute Gasteiger partial charge is 0.329 e. The fraction of sp³-hybridized carbons (Fsp3) is 0.333. The molecule has 1 aromatic carbocycles. The summed E-state index contributed by atoms with van der Waals surface area (Å²) in [5.74, 6) is -0.225. The highest BCUT2D eigenvalue weighted by molar-refractivity contribution is 5.20. The van der Waals surface area contributed by atoms with Crippen molar-refractivity contribution in [2.45, 2.75) is 12.5 Å². The summed E-state index contributed by atoms with van der Waals surface area (Å²) in [5, 5.41) is 3.25. The molecule has 1 unspecified atom stereocenters. The molecule has 0 fully saturated rings. The molecule has 0 amide bonds. The molecular weight excluding hydrogens is 191 g/mol. The normalized spacial score (nSPS) is 12.4. The highest BCUT2D eigenvalue weighted by Gasteiger charge is 2.08. The van der Waals surface area contributed by atoms with Crippen LogP contribution in [-0.2, 0) is 0 Å². The van der Waals surface area contributed by atoms with Gasteiger partial charge in [0.25, 0.3) is 0 Å². The van der Waals surface area contributed by atoms with Crippen LogP contribution in [0.3, 0.4) is 0 Å². The first-order chi connectivity index (χ1) is 7.27. The molecule has 0 aromatic heterocycles. The summed E-state index contributed by atoms with van der Waals surface area (Å²) >= 11 is 0. The van der Waals surface area contributed by atoms with Crippen molar-refractivity contribution in [2.24, 2.45) is 5.73 Å². The smallest absolute Gasteiger partial charge is 0.123 e. The molecule has 1 aromatic rings. The van der Waals surface area contributed by atoms with Gasteiger partial charge in [-0.1, -0.05) is 18.2 Å². The molecule has 0 aliphatic rings. The third-order valence-corrected chi connectivity index (χ3v) is 2.23. The van der Waals surface area contributed by atoms with E-state index in [1.54, 1.807) is 6.07 Å². The van der Waals surface area contributed by atoms with Gasteiger partial charge in [-0.25, -0.2) is 4.39 Å². The van der Waals surface area contributed by atoms with Crippen LogP contribution in [0.1, 0.15) is 18.0 Å². The van der Waals surface area contributed by atoms with Crippen molar-refractivity contribution in [1.29, 1.82) is 0 Å². The third-order valence-electron chi connectivity index (χ3n) is 2.23. The standard InChI is InChI=1S/C12H17FN2/c1-2-3-7-15-12(9-14)10-5-4-6-11(13)8-10/h2,4-6,8,12,15H,1,3,7,9,14H2. The molecule has 1 rings (SSSR count). The average molecular weight is 208 g/mol. The van der Waals surface area contributed by atoms with E-state index in [9.17, 15) is 4.39 Å². The van der Waals surface area contributed by atoms with Gasteiger partial charge in [0.2, 0.25) is 0 Å². The van der Waals surface area contributed by atoms with E-state index in [1.807, 2.05) is 12.1 Å². The number of halogens is 1. The second-order valence-electron chi connectivity index (χ2n) is 3.37. The Labute approximate surface area is 90.0 Å². The van der Waals surface area contributed by atoms with Gasteiger partial charge in [0.1, 0.15) is 5.82 Å². The highest BCUT2D eigenvalue weighted by Crippen LogP contribution is 2.12. The van der Waals surface area contributed by atoms with Crippen molar-refractivity contribution in [3.63, 3.8) is 0 Å². The minimum Gasteiger partial charge on any atom is -0.329 e. The average Bonchev–Trinajstić information content (AvgIpc) is 2.24. The maximum Gasteiger partial charge on any atom is 0.123 e. The Morgan fingerprint density at radius 2 is 2.33 bits per heavy atom. The molecule has 0 aliphatic heterocycles. The second kappa shape index (κ2) is 6.32. The Kier molecular flexibility index (Phi) is 5.01. The van der Waals surface area contributed by atoms with E-state index < -0.39 is 0 Å². The van der Waals surface area contributed by atoms with Crippen LogP contribution >= 0.6 is 0 Å². The predicted molar refractivity (Wildman–Crippen MR) is 61.0 cm³/mol. The first-order valence-corrected chi connectivity index (χ1v) is 5.07. The van der Waals surface area contributed by atoms with Crippen molar-refractivity contribution in [3.05, 3.63) is 48.3 Å². The summed E-state index contributed by atoms with van der Waals surface area (Å²) in [5.41, 5.74) is 6.52. The van der Waals surface area contributed by atoms with Crippen LogP contribution in [0, 0.1) is 5.82 Å². The first kappa shape index (κ1) is 11.9. The molecule has 3 N–H and O–H groups in total. The molecule has 0 aliphatic carbocycles. The zero-order valence-corrected chi connectivity index (χ0v) is 8.75. The molecule has 15 heavy (non-hydrogen) atoms. The summed E-state index contributed by atoms with van der Waals surface area (Å²) in [6.45, 7) is 4.91. The molecule has 2 nitrogen and oxygen atoms in total. The number of nitrogens with one attached hydrogen (secondary N) is 1. The monoisotopic (exact) mass is 208 g/mol. The Morgan fingerprint density at radius 1 is 1.53 bits per heavy atom. The van der Waals surface area contributed by atoms with Crippen molar-refractivity contribution < 1.29 is 4.39 Å². The summed E-state index contributed by atoms with van der Waals surface area (Å²) in [6, 6.07) is 6.53. The summed E-state index contributed by atoms with van der Waals surface area (Å²) in [4.78, 5) is 0. The molecule has 0 heterocycles. The van der Waals surface area contributed by atoms with Gasteiger partial charge in [-0.2, -0.15) is 0 Å². The molecule has 1 atom stereocenters. The summed E-state index contributed by atoms with van der Waals surface area (Å²) in [6.07, 6.45) is 2.72. The number of rotatable bonds is 6. The lowest BCUT2D eigenvalue weighted by Crippen LogP contribution is -2.28. The minimum absolute atomic E-state index is 0.0145. The van der Waals surface area contributed by atoms with Crippen molar-refractivity contribution >= 4 is 0 Å². The van der Waals surface area contributed by atoms with Crippen LogP contribution in [0.15, 0.2) is 36.9 Å². The van der Waals surface area contributed by atoms with Crippen LogP contribution in [0.5, 0.6) is 0 Å². The van der Waals surface area contributed by atoms with Crippen LogP contribution in [0.25, 0.3) is 0 Å². The van der Waals surface area contributed by atoms with Crippen LogP contribution in [0.2, 0.25) is 0 Å². The van der Waals surface area contributed by atoms with Gasteiger partial charge in [-0.3, -0.25) is 0 Å². The SMILES string of the molecule is C=CCCNC(CN)c1cccc(F)c1. The lowest BCUT2D eigenvalue weighted by molar-refractivity contribution is 0.542. The molecule has 0 radical (unpaired) electrons. The van der Waals surface area contributed by atoms with Crippen molar-refractivity contribution in [1.82, 2.24) is 5.32 Å². The van der Waals surface area contributed by atoms with Gasteiger partial charge in [0, 0.05) is 12.6 Å². The lowest BCUT2D eigenvalue weighted by Gasteiger charge is -2.16. The quantitative estimate of drug-likeness (QED) is 0.554. The molecule has 0 saturated heterocycles. The van der Waals surface area contributed by atoms with Gasteiger partial charge >= 0.3 is 0 Å². The molecule has 0 bridgehead atoms. The molecule has 0 spiro atoms. The van der Waals surface area contributed by atoms with Gasteiger partial charge in [-0.05, 0) is 30.7 Å². The van der Waals surface area contributed by atoms with Crippen molar-refractivity contribution in [2.75, 3.05) is 13.1 Å². The number of hydrogen-bond acceptors (Lipinski definition) is 2. The van der Waals surface area contributed by atoms with E-state index in [-0.39, 0.29) is 11.9 Å². The number of benzene rings is 1. The maximum absolute atomic E-state index is 13.0. The first-order valence-electron chi connectivity index (χ1n) is 5.07. The van der Waals surface area contributed by atoms with Crippen molar-refractivity contribution in [3.8, 4) is 0 Å². The molecule has 0 saturated carbocycles. The van der Waals surface area contributed by atoms with Crippen LogP contribution in [-0.4, -0.2) is 13.1 Å². The Bertz CT molecular complexity index is 312. The molecule has 82 valence electrons. The van der Waals surface area contributed by atoms with Crippen LogP contribution in [0.4, 0.5) is 4.39 Å². The van der Waals surface area contributed by atoms with E-state index in [4.69, 9.17) is 5.73 Å². The Hall–Kier alpha value is -1.19. The van der Waals surface area contributed by atoms with E-state index >= 15 is 0 Å². The van der Waals surface area contributed by atoms with E-state index in [0.29, 0.717) is 6.54 Å². The zero-order valence-electron chi connectivity index (χ0n) is 8.75. The molecular formula is C12H17FN2. The van der Waals surface area contributed by atoms with E-state index in [0.717, 1.165) is 18.5 Å². The minimum atomic E-state index is -0.225. The van der Waals surface area contributed by atoms with E-state index in [1.165, 1.54) is 12.1 Å². The zero-order chi connectivity index (χ0) is 11.1. The number of hydrogen-bond donors (Lipinski definition) is 2. The summed E-state index contributed by atoms with van der Waals surface area (Å²) in [7, 11) is 0. The molecule has 3 heteroatoms. The Balaban J connectivity index is 2.61.